The Morgan fingerprint density at radius 3 is 2.48 bits per heavy atom. The maximum atomic E-state index is 12.4. The molecule has 3 rings (SSSR count). The summed E-state index contributed by atoms with van der Waals surface area (Å²) in [6.07, 6.45) is 0. The maximum absolute atomic E-state index is 12.4. The summed E-state index contributed by atoms with van der Waals surface area (Å²) in [4.78, 5) is 23.3. The summed E-state index contributed by atoms with van der Waals surface area (Å²) in [5.74, 6) is -0.272. The highest BCUT2D eigenvalue weighted by Gasteiger charge is 2.18. The van der Waals surface area contributed by atoms with Gasteiger partial charge in [0.1, 0.15) is 0 Å². The standard InChI is InChI=1S/C19H17N3O5S2/c1-13-9-10-28-18(13)12-20-19(23)14-5-7-15(8-6-14)21-29(26,27)17-4-2-3-16(11-17)22(24)25/h2-11,21H,12H2,1H3,(H,20,23). The Balaban J connectivity index is 1.68. The molecule has 29 heavy (non-hydrogen) atoms. The number of anilines is 1. The lowest BCUT2D eigenvalue weighted by Crippen LogP contribution is -2.22. The van der Waals surface area contributed by atoms with Crippen molar-refractivity contribution in [2.75, 3.05) is 4.72 Å². The van der Waals surface area contributed by atoms with E-state index in [4.69, 9.17) is 0 Å². The highest BCUT2D eigenvalue weighted by Crippen LogP contribution is 2.21. The highest BCUT2D eigenvalue weighted by molar-refractivity contribution is 7.92. The quantitative estimate of drug-likeness (QED) is 0.437. The van der Waals surface area contributed by atoms with Crippen LogP contribution in [0.15, 0.2) is 64.9 Å². The second kappa shape index (κ2) is 8.41. The molecule has 1 heterocycles. The van der Waals surface area contributed by atoms with Gasteiger partial charge >= 0.3 is 0 Å². The molecule has 0 atom stereocenters. The van der Waals surface area contributed by atoms with E-state index >= 15 is 0 Å². The average Bonchev–Trinajstić information content (AvgIpc) is 3.11. The van der Waals surface area contributed by atoms with Crippen LogP contribution in [0, 0.1) is 17.0 Å². The molecule has 8 nitrogen and oxygen atoms in total. The summed E-state index contributed by atoms with van der Waals surface area (Å²) in [5.41, 5.74) is 1.42. The highest BCUT2D eigenvalue weighted by atomic mass is 32.2. The van der Waals surface area contributed by atoms with E-state index in [-0.39, 0.29) is 22.2 Å². The van der Waals surface area contributed by atoms with Crippen molar-refractivity contribution in [3.05, 3.63) is 86.1 Å². The minimum atomic E-state index is -4.00. The van der Waals surface area contributed by atoms with Gasteiger partial charge < -0.3 is 5.32 Å². The molecule has 150 valence electrons. The van der Waals surface area contributed by atoms with Gasteiger partial charge in [-0.15, -0.1) is 11.3 Å². The van der Waals surface area contributed by atoms with Gasteiger partial charge in [-0.2, -0.15) is 0 Å². The first-order chi connectivity index (χ1) is 13.8. The number of nitrogens with zero attached hydrogens (tertiary/aromatic N) is 1. The predicted octanol–water partition coefficient (Wildman–Crippen LogP) is 3.70. The number of rotatable bonds is 7. The molecule has 1 aromatic heterocycles. The number of aryl methyl sites for hydroxylation is 1. The fraction of sp³-hybridized carbons (Fsp3) is 0.105. The van der Waals surface area contributed by atoms with E-state index in [0.717, 1.165) is 16.5 Å². The number of amides is 1. The van der Waals surface area contributed by atoms with Crippen molar-refractivity contribution in [2.24, 2.45) is 0 Å². The SMILES string of the molecule is Cc1ccsc1CNC(=O)c1ccc(NS(=O)(=O)c2cccc([N+](=O)[O-])c2)cc1. The Morgan fingerprint density at radius 1 is 1.14 bits per heavy atom. The third-order valence-corrected chi connectivity index (χ3v) is 6.52. The number of thiophene rings is 1. The second-order valence-electron chi connectivity index (χ2n) is 6.15. The maximum Gasteiger partial charge on any atom is 0.270 e. The molecule has 0 aliphatic rings. The zero-order valence-electron chi connectivity index (χ0n) is 15.3. The van der Waals surface area contributed by atoms with Crippen LogP contribution in [0.4, 0.5) is 11.4 Å². The molecule has 0 saturated heterocycles. The van der Waals surface area contributed by atoms with Gasteiger partial charge in [-0.1, -0.05) is 6.07 Å². The molecule has 0 bridgehead atoms. The molecule has 0 fully saturated rings. The van der Waals surface area contributed by atoms with E-state index in [2.05, 4.69) is 10.0 Å². The normalized spacial score (nSPS) is 11.1. The van der Waals surface area contributed by atoms with Gasteiger partial charge in [-0.3, -0.25) is 19.6 Å². The zero-order chi connectivity index (χ0) is 21.0. The van der Waals surface area contributed by atoms with E-state index in [1.807, 2.05) is 18.4 Å². The minimum Gasteiger partial charge on any atom is -0.347 e. The molecule has 1 amide bonds. The molecule has 3 aromatic rings. The van der Waals surface area contributed by atoms with Gasteiger partial charge in [0, 0.05) is 28.3 Å². The molecule has 10 heteroatoms. The summed E-state index contributed by atoms with van der Waals surface area (Å²) in [6, 6.07) is 12.7. The van der Waals surface area contributed by atoms with Gasteiger partial charge in [0.05, 0.1) is 16.4 Å². The molecule has 0 spiro atoms. The van der Waals surface area contributed by atoms with Crippen molar-refractivity contribution in [1.82, 2.24) is 5.32 Å². The summed E-state index contributed by atoms with van der Waals surface area (Å²) in [6.45, 7) is 2.39. The second-order valence-corrected chi connectivity index (χ2v) is 8.83. The largest absolute Gasteiger partial charge is 0.347 e. The number of non-ortho nitro benzene ring substituents is 1. The molecule has 0 saturated carbocycles. The third kappa shape index (κ3) is 4.98. The molecular weight excluding hydrogens is 414 g/mol. The van der Waals surface area contributed by atoms with Crippen LogP contribution in [0.25, 0.3) is 0 Å². The van der Waals surface area contributed by atoms with Crippen molar-refractivity contribution in [2.45, 2.75) is 18.4 Å². The van der Waals surface area contributed by atoms with Crippen molar-refractivity contribution < 1.29 is 18.1 Å². The summed E-state index contributed by atoms with van der Waals surface area (Å²) >= 11 is 1.56. The summed E-state index contributed by atoms with van der Waals surface area (Å²) in [5, 5.41) is 15.6. The number of sulfonamides is 1. The molecular formula is C19H17N3O5S2. The number of hydrogen-bond donors (Lipinski definition) is 2. The minimum absolute atomic E-state index is 0.222. The Hall–Kier alpha value is -3.24. The van der Waals surface area contributed by atoms with E-state index in [0.29, 0.717) is 12.1 Å². The van der Waals surface area contributed by atoms with Crippen LogP contribution < -0.4 is 10.0 Å². The molecule has 0 radical (unpaired) electrons. The van der Waals surface area contributed by atoms with Crippen LogP contribution in [0.5, 0.6) is 0 Å². The van der Waals surface area contributed by atoms with Crippen molar-refractivity contribution in [3.8, 4) is 0 Å². The number of benzene rings is 2. The Labute approximate surface area is 171 Å². The number of carbonyl (C=O) groups excluding carboxylic acids is 1. The first-order valence-corrected chi connectivity index (χ1v) is 10.8. The van der Waals surface area contributed by atoms with Crippen LogP contribution in [0.3, 0.4) is 0 Å². The van der Waals surface area contributed by atoms with Crippen LogP contribution in [0.1, 0.15) is 20.8 Å². The smallest absolute Gasteiger partial charge is 0.270 e. The van der Waals surface area contributed by atoms with Crippen molar-refractivity contribution in [1.29, 1.82) is 0 Å². The van der Waals surface area contributed by atoms with Crippen molar-refractivity contribution >= 4 is 38.6 Å². The van der Waals surface area contributed by atoms with Gasteiger partial charge in [0.25, 0.3) is 21.6 Å². The van der Waals surface area contributed by atoms with Crippen LogP contribution in [-0.2, 0) is 16.6 Å². The molecule has 0 unspecified atom stereocenters. The van der Waals surface area contributed by atoms with E-state index in [1.165, 1.54) is 42.5 Å². The molecule has 2 N–H and O–H groups in total. The third-order valence-electron chi connectivity index (χ3n) is 4.12. The molecule has 0 aliphatic heterocycles. The van der Waals surface area contributed by atoms with E-state index < -0.39 is 14.9 Å². The monoisotopic (exact) mass is 431 g/mol. The van der Waals surface area contributed by atoms with Gasteiger partial charge in [0.15, 0.2) is 0 Å². The topological polar surface area (TPSA) is 118 Å². The number of nitrogens with one attached hydrogen (secondary N) is 2. The predicted molar refractivity (Wildman–Crippen MR) is 111 cm³/mol. The fourth-order valence-electron chi connectivity index (χ4n) is 2.52. The first-order valence-electron chi connectivity index (χ1n) is 8.45. The van der Waals surface area contributed by atoms with E-state index in [9.17, 15) is 23.3 Å². The fourth-order valence-corrected chi connectivity index (χ4v) is 4.46. The van der Waals surface area contributed by atoms with Crippen molar-refractivity contribution in [3.63, 3.8) is 0 Å². The Kier molecular flexibility index (Phi) is 5.95. The first kappa shape index (κ1) is 20.5. The average molecular weight is 431 g/mol. The summed E-state index contributed by atoms with van der Waals surface area (Å²) in [7, 11) is -4.00. The number of nitro benzene ring substituents is 1. The Bertz CT molecular complexity index is 1150. The molecule has 2 aromatic carbocycles. The lowest BCUT2D eigenvalue weighted by atomic mass is 10.2. The van der Waals surface area contributed by atoms with E-state index in [1.54, 1.807) is 11.3 Å². The molecule has 0 aliphatic carbocycles. The number of nitro groups is 1. The number of carbonyl (C=O) groups is 1. The number of hydrogen-bond acceptors (Lipinski definition) is 6. The van der Waals surface area contributed by atoms with Crippen LogP contribution >= 0.6 is 11.3 Å². The van der Waals surface area contributed by atoms with Gasteiger partial charge in [-0.05, 0) is 54.3 Å². The lowest BCUT2D eigenvalue weighted by Gasteiger charge is -2.09. The van der Waals surface area contributed by atoms with Crippen LogP contribution in [0.2, 0.25) is 0 Å². The lowest BCUT2D eigenvalue weighted by molar-refractivity contribution is -0.385. The zero-order valence-corrected chi connectivity index (χ0v) is 16.9. The van der Waals surface area contributed by atoms with Gasteiger partial charge in [-0.25, -0.2) is 8.42 Å². The van der Waals surface area contributed by atoms with Gasteiger partial charge in [0.2, 0.25) is 0 Å². The Morgan fingerprint density at radius 2 is 1.86 bits per heavy atom. The van der Waals surface area contributed by atoms with Crippen LogP contribution in [-0.4, -0.2) is 19.2 Å². The summed E-state index contributed by atoms with van der Waals surface area (Å²) < 4.78 is 27.2.